The van der Waals surface area contributed by atoms with Gasteiger partial charge in [0.1, 0.15) is 11.5 Å². The first-order valence-electron chi connectivity index (χ1n) is 6.91. The van der Waals surface area contributed by atoms with E-state index in [-0.39, 0.29) is 5.91 Å². The number of benzene rings is 2. The summed E-state index contributed by atoms with van der Waals surface area (Å²) in [6.45, 7) is 2.12. The van der Waals surface area contributed by atoms with Gasteiger partial charge in [0.15, 0.2) is 6.10 Å². The Morgan fingerprint density at radius 3 is 2.50 bits per heavy atom. The molecule has 0 fully saturated rings. The van der Waals surface area contributed by atoms with Gasteiger partial charge in [-0.1, -0.05) is 23.7 Å². The lowest BCUT2D eigenvalue weighted by Crippen LogP contribution is -2.35. The second kappa shape index (κ2) is 7.71. The van der Waals surface area contributed by atoms with Crippen molar-refractivity contribution in [1.82, 2.24) is 5.32 Å². The van der Waals surface area contributed by atoms with Crippen LogP contribution in [-0.2, 0) is 11.3 Å². The van der Waals surface area contributed by atoms with Crippen LogP contribution in [0.2, 0.25) is 5.02 Å². The maximum atomic E-state index is 12.0. The summed E-state index contributed by atoms with van der Waals surface area (Å²) in [5.41, 5.74) is 0.942. The van der Waals surface area contributed by atoms with Crippen molar-refractivity contribution in [3.05, 3.63) is 59.1 Å². The third-order valence-corrected chi connectivity index (χ3v) is 3.33. The highest BCUT2D eigenvalue weighted by Crippen LogP contribution is 2.18. The molecule has 2 rings (SSSR count). The van der Waals surface area contributed by atoms with Crippen LogP contribution in [0.15, 0.2) is 48.5 Å². The number of carbonyl (C=O) groups excluding carboxylic acids is 1. The Labute approximate surface area is 135 Å². The van der Waals surface area contributed by atoms with Crippen LogP contribution in [-0.4, -0.2) is 19.1 Å². The first-order valence-corrected chi connectivity index (χ1v) is 7.29. The minimum atomic E-state index is -0.590. The molecule has 0 unspecified atom stereocenters. The molecule has 1 atom stereocenters. The van der Waals surface area contributed by atoms with Crippen LogP contribution in [0.25, 0.3) is 0 Å². The zero-order chi connectivity index (χ0) is 15.9. The van der Waals surface area contributed by atoms with Gasteiger partial charge in [0.25, 0.3) is 5.91 Å². The van der Waals surface area contributed by atoms with Gasteiger partial charge in [-0.2, -0.15) is 0 Å². The SMILES string of the molecule is COc1ccc(O[C@H](C)C(=O)NCc2cccc(Cl)c2)cc1. The molecule has 1 N–H and O–H groups in total. The van der Waals surface area contributed by atoms with Gasteiger partial charge in [0, 0.05) is 11.6 Å². The van der Waals surface area contributed by atoms with Gasteiger partial charge in [-0.3, -0.25) is 4.79 Å². The van der Waals surface area contributed by atoms with Gasteiger partial charge in [-0.05, 0) is 48.9 Å². The molecule has 0 aliphatic heterocycles. The first-order chi connectivity index (χ1) is 10.6. The van der Waals surface area contributed by atoms with E-state index in [1.807, 2.05) is 18.2 Å². The number of hydrogen-bond acceptors (Lipinski definition) is 3. The summed E-state index contributed by atoms with van der Waals surface area (Å²) in [5, 5.41) is 3.47. The first kappa shape index (κ1) is 16.2. The standard InChI is InChI=1S/C17H18ClNO3/c1-12(22-16-8-6-15(21-2)7-9-16)17(20)19-11-13-4-3-5-14(18)10-13/h3-10,12H,11H2,1-2H3,(H,19,20)/t12-/m1/s1. The maximum Gasteiger partial charge on any atom is 0.261 e. The average molecular weight is 320 g/mol. The van der Waals surface area contributed by atoms with Gasteiger partial charge in [0.05, 0.1) is 7.11 Å². The molecule has 0 aliphatic carbocycles. The zero-order valence-corrected chi connectivity index (χ0v) is 13.3. The molecule has 1 amide bonds. The number of carbonyl (C=O) groups is 1. The maximum absolute atomic E-state index is 12.0. The van der Waals surface area contributed by atoms with Crippen molar-refractivity contribution in [2.24, 2.45) is 0 Å². The summed E-state index contributed by atoms with van der Waals surface area (Å²) >= 11 is 5.91. The summed E-state index contributed by atoms with van der Waals surface area (Å²) in [5.74, 6) is 1.17. The Bertz CT molecular complexity index is 628. The largest absolute Gasteiger partial charge is 0.497 e. The molecule has 0 radical (unpaired) electrons. The summed E-state index contributed by atoms with van der Waals surface area (Å²) in [6.07, 6.45) is -0.590. The molecule has 22 heavy (non-hydrogen) atoms. The molecule has 0 bridgehead atoms. The number of amides is 1. The van der Waals surface area contributed by atoms with Crippen LogP contribution < -0.4 is 14.8 Å². The minimum absolute atomic E-state index is 0.184. The van der Waals surface area contributed by atoms with Crippen LogP contribution in [0.5, 0.6) is 11.5 Å². The molecule has 2 aromatic carbocycles. The molecular weight excluding hydrogens is 302 g/mol. The highest BCUT2D eigenvalue weighted by Gasteiger charge is 2.14. The van der Waals surface area contributed by atoms with E-state index in [4.69, 9.17) is 21.1 Å². The van der Waals surface area contributed by atoms with Crippen molar-refractivity contribution in [3.63, 3.8) is 0 Å². The van der Waals surface area contributed by atoms with Crippen LogP contribution in [0, 0.1) is 0 Å². The number of ether oxygens (including phenoxy) is 2. The molecule has 0 spiro atoms. The fraction of sp³-hybridized carbons (Fsp3) is 0.235. The molecule has 2 aromatic rings. The van der Waals surface area contributed by atoms with Gasteiger partial charge in [0.2, 0.25) is 0 Å². The highest BCUT2D eigenvalue weighted by atomic mass is 35.5. The van der Waals surface area contributed by atoms with Crippen molar-refractivity contribution in [2.45, 2.75) is 19.6 Å². The van der Waals surface area contributed by atoms with E-state index in [0.717, 1.165) is 11.3 Å². The number of rotatable bonds is 6. The molecule has 116 valence electrons. The monoisotopic (exact) mass is 319 g/mol. The minimum Gasteiger partial charge on any atom is -0.497 e. The van der Waals surface area contributed by atoms with Gasteiger partial charge in [-0.15, -0.1) is 0 Å². The van der Waals surface area contributed by atoms with Crippen LogP contribution in [0.3, 0.4) is 0 Å². The molecule has 5 heteroatoms. The predicted molar refractivity (Wildman–Crippen MR) is 86.4 cm³/mol. The lowest BCUT2D eigenvalue weighted by atomic mass is 10.2. The molecule has 0 aliphatic rings. The summed E-state index contributed by atoms with van der Waals surface area (Å²) in [7, 11) is 1.60. The van der Waals surface area contributed by atoms with Crippen molar-refractivity contribution in [2.75, 3.05) is 7.11 Å². The summed E-state index contributed by atoms with van der Waals surface area (Å²) in [4.78, 5) is 12.0. The predicted octanol–water partition coefficient (Wildman–Crippen LogP) is 3.43. The van der Waals surface area contributed by atoms with E-state index in [1.165, 1.54) is 0 Å². The highest BCUT2D eigenvalue weighted by molar-refractivity contribution is 6.30. The normalized spacial score (nSPS) is 11.6. The van der Waals surface area contributed by atoms with Crippen molar-refractivity contribution in [1.29, 1.82) is 0 Å². The topological polar surface area (TPSA) is 47.6 Å². The Morgan fingerprint density at radius 2 is 1.86 bits per heavy atom. The number of methoxy groups -OCH3 is 1. The lowest BCUT2D eigenvalue weighted by Gasteiger charge is -2.15. The third-order valence-electron chi connectivity index (χ3n) is 3.10. The number of nitrogens with one attached hydrogen (secondary N) is 1. The lowest BCUT2D eigenvalue weighted by molar-refractivity contribution is -0.127. The van der Waals surface area contributed by atoms with E-state index >= 15 is 0 Å². The Morgan fingerprint density at radius 1 is 1.18 bits per heavy atom. The van der Waals surface area contributed by atoms with Gasteiger partial charge in [-0.25, -0.2) is 0 Å². The fourth-order valence-electron chi connectivity index (χ4n) is 1.89. The number of halogens is 1. The fourth-order valence-corrected chi connectivity index (χ4v) is 2.10. The Kier molecular flexibility index (Phi) is 5.67. The van der Waals surface area contributed by atoms with Crippen LogP contribution in [0.1, 0.15) is 12.5 Å². The quantitative estimate of drug-likeness (QED) is 0.887. The number of hydrogen-bond donors (Lipinski definition) is 1. The molecular formula is C17H18ClNO3. The van der Waals surface area contributed by atoms with E-state index in [1.54, 1.807) is 44.4 Å². The zero-order valence-electron chi connectivity index (χ0n) is 12.5. The second-order valence-electron chi connectivity index (χ2n) is 4.78. The third kappa shape index (κ3) is 4.67. The van der Waals surface area contributed by atoms with Crippen molar-refractivity contribution < 1.29 is 14.3 Å². The average Bonchev–Trinajstić information content (AvgIpc) is 2.53. The van der Waals surface area contributed by atoms with Crippen LogP contribution >= 0.6 is 11.6 Å². The molecule has 0 saturated carbocycles. The van der Waals surface area contributed by atoms with Crippen molar-refractivity contribution >= 4 is 17.5 Å². The van der Waals surface area contributed by atoms with Gasteiger partial charge >= 0.3 is 0 Å². The second-order valence-corrected chi connectivity index (χ2v) is 5.22. The molecule has 0 heterocycles. The van der Waals surface area contributed by atoms with E-state index < -0.39 is 6.10 Å². The summed E-state index contributed by atoms with van der Waals surface area (Å²) in [6, 6.07) is 14.5. The van der Waals surface area contributed by atoms with E-state index in [0.29, 0.717) is 17.3 Å². The van der Waals surface area contributed by atoms with E-state index in [2.05, 4.69) is 5.32 Å². The van der Waals surface area contributed by atoms with E-state index in [9.17, 15) is 4.79 Å². The summed E-state index contributed by atoms with van der Waals surface area (Å²) < 4.78 is 10.7. The smallest absolute Gasteiger partial charge is 0.261 e. The molecule has 0 aromatic heterocycles. The Hall–Kier alpha value is -2.20. The molecule has 0 saturated heterocycles. The molecule has 4 nitrogen and oxygen atoms in total. The van der Waals surface area contributed by atoms with Crippen molar-refractivity contribution in [3.8, 4) is 11.5 Å². The van der Waals surface area contributed by atoms with Gasteiger partial charge < -0.3 is 14.8 Å². The Balaban J connectivity index is 1.86. The van der Waals surface area contributed by atoms with Crippen LogP contribution in [0.4, 0.5) is 0 Å².